The number of fused-ring (bicyclic) bond motifs is 1. The van der Waals surface area contributed by atoms with Crippen LogP contribution in [0.25, 0.3) is 10.9 Å². The van der Waals surface area contributed by atoms with E-state index < -0.39 is 0 Å². The van der Waals surface area contributed by atoms with Crippen molar-refractivity contribution in [3.63, 3.8) is 0 Å². The molecule has 1 aliphatic rings. The van der Waals surface area contributed by atoms with Crippen molar-refractivity contribution in [3.8, 4) is 0 Å². The number of ether oxygens (including phenoxy) is 2. The maximum absolute atomic E-state index is 5.88. The van der Waals surface area contributed by atoms with Crippen LogP contribution in [0, 0.1) is 6.92 Å². The lowest BCUT2D eigenvalue weighted by molar-refractivity contribution is -0.0316. The summed E-state index contributed by atoms with van der Waals surface area (Å²) in [5.41, 5.74) is 2.22. The van der Waals surface area contributed by atoms with Crippen molar-refractivity contribution in [3.05, 3.63) is 35.9 Å². The highest BCUT2D eigenvalue weighted by atomic mass is 16.5. The average Bonchev–Trinajstić information content (AvgIpc) is 2.56. The first-order valence-electron chi connectivity index (χ1n) is 8.12. The molecule has 1 saturated heterocycles. The average molecular weight is 300 g/mol. The largest absolute Gasteiger partial charge is 0.381 e. The summed E-state index contributed by atoms with van der Waals surface area (Å²) in [7, 11) is 0. The third-order valence-electron chi connectivity index (χ3n) is 4.05. The van der Waals surface area contributed by atoms with Crippen LogP contribution in [-0.4, -0.2) is 37.5 Å². The summed E-state index contributed by atoms with van der Waals surface area (Å²) in [6, 6.07) is 10.4. The lowest BCUT2D eigenvalue weighted by atomic mass is 10.1. The van der Waals surface area contributed by atoms with Gasteiger partial charge in [0.1, 0.15) is 5.82 Å². The molecule has 0 aliphatic carbocycles. The minimum Gasteiger partial charge on any atom is -0.381 e. The van der Waals surface area contributed by atoms with Gasteiger partial charge in [0, 0.05) is 31.8 Å². The third-order valence-corrected chi connectivity index (χ3v) is 4.05. The van der Waals surface area contributed by atoms with Crippen LogP contribution in [0.4, 0.5) is 5.82 Å². The fourth-order valence-electron chi connectivity index (χ4n) is 2.77. The van der Waals surface area contributed by atoms with Crippen molar-refractivity contribution >= 4 is 16.7 Å². The number of hydrogen-bond donors (Lipinski definition) is 1. The molecule has 3 rings (SSSR count). The zero-order chi connectivity index (χ0) is 15.2. The van der Waals surface area contributed by atoms with E-state index in [0.29, 0.717) is 6.10 Å². The van der Waals surface area contributed by atoms with Crippen molar-refractivity contribution in [1.29, 1.82) is 0 Å². The molecule has 0 bridgehead atoms. The fourth-order valence-corrected chi connectivity index (χ4v) is 2.77. The molecule has 4 heteroatoms. The molecule has 0 spiro atoms. The molecule has 2 aromatic rings. The Morgan fingerprint density at radius 3 is 2.95 bits per heavy atom. The second-order valence-electron chi connectivity index (χ2n) is 5.81. The molecular weight excluding hydrogens is 276 g/mol. The quantitative estimate of drug-likeness (QED) is 0.829. The van der Waals surface area contributed by atoms with Crippen LogP contribution < -0.4 is 5.32 Å². The Kier molecular flexibility index (Phi) is 5.24. The van der Waals surface area contributed by atoms with Gasteiger partial charge >= 0.3 is 0 Å². The minimum atomic E-state index is 0.384. The molecule has 1 aromatic heterocycles. The molecule has 1 aliphatic heterocycles. The summed E-state index contributed by atoms with van der Waals surface area (Å²) in [5.74, 6) is 0.977. The Morgan fingerprint density at radius 1 is 1.27 bits per heavy atom. The normalized spacial score (nSPS) is 16.0. The van der Waals surface area contributed by atoms with Crippen LogP contribution in [0.1, 0.15) is 24.8 Å². The third kappa shape index (κ3) is 3.96. The first kappa shape index (κ1) is 15.3. The topological polar surface area (TPSA) is 43.4 Å². The molecular formula is C18H24N2O2. The molecule has 22 heavy (non-hydrogen) atoms. The lowest BCUT2D eigenvalue weighted by Crippen LogP contribution is -2.24. The van der Waals surface area contributed by atoms with Crippen molar-refractivity contribution < 1.29 is 9.47 Å². The van der Waals surface area contributed by atoms with Crippen molar-refractivity contribution in [2.24, 2.45) is 0 Å². The predicted octanol–water partition coefficient (Wildman–Crippen LogP) is 3.54. The summed E-state index contributed by atoms with van der Waals surface area (Å²) < 4.78 is 11.2. The number of nitrogens with one attached hydrogen (secondary N) is 1. The SMILES string of the molecule is Cc1cc2ccccc2nc1NCCCOC1CCOCC1. The molecule has 0 atom stereocenters. The van der Waals surface area contributed by atoms with E-state index in [-0.39, 0.29) is 0 Å². The van der Waals surface area contributed by atoms with Gasteiger partial charge in [-0.3, -0.25) is 0 Å². The van der Waals surface area contributed by atoms with Gasteiger partial charge in [0.25, 0.3) is 0 Å². The van der Waals surface area contributed by atoms with E-state index in [4.69, 9.17) is 14.5 Å². The molecule has 0 saturated carbocycles. The summed E-state index contributed by atoms with van der Waals surface area (Å²) in [6.45, 7) is 5.45. The second-order valence-corrected chi connectivity index (χ2v) is 5.81. The van der Waals surface area contributed by atoms with Gasteiger partial charge in [-0.2, -0.15) is 0 Å². The Morgan fingerprint density at radius 2 is 2.09 bits per heavy atom. The Labute approximate surface area is 131 Å². The van der Waals surface area contributed by atoms with Crippen molar-refractivity contribution in [2.45, 2.75) is 32.3 Å². The molecule has 0 amide bonds. The van der Waals surface area contributed by atoms with Crippen LogP contribution in [-0.2, 0) is 9.47 Å². The smallest absolute Gasteiger partial charge is 0.129 e. The van der Waals surface area contributed by atoms with Crippen LogP contribution in [0.5, 0.6) is 0 Å². The first-order valence-corrected chi connectivity index (χ1v) is 8.12. The number of anilines is 1. The minimum absolute atomic E-state index is 0.384. The van der Waals surface area contributed by atoms with Crippen LogP contribution in [0.15, 0.2) is 30.3 Å². The van der Waals surface area contributed by atoms with E-state index in [9.17, 15) is 0 Å². The summed E-state index contributed by atoms with van der Waals surface area (Å²) >= 11 is 0. The van der Waals surface area contributed by atoms with E-state index in [0.717, 1.165) is 57.0 Å². The molecule has 1 fully saturated rings. The summed E-state index contributed by atoms with van der Waals surface area (Å²) in [5, 5.41) is 4.62. The Bertz CT molecular complexity index is 609. The van der Waals surface area contributed by atoms with E-state index in [1.165, 1.54) is 10.9 Å². The second kappa shape index (κ2) is 7.56. The number of aryl methyl sites for hydroxylation is 1. The summed E-state index contributed by atoms with van der Waals surface area (Å²) in [6.07, 6.45) is 3.43. The van der Waals surface area contributed by atoms with Crippen LogP contribution in [0.2, 0.25) is 0 Å². The van der Waals surface area contributed by atoms with Crippen molar-refractivity contribution in [1.82, 2.24) is 4.98 Å². The number of para-hydroxylation sites is 1. The maximum atomic E-state index is 5.88. The molecule has 4 nitrogen and oxygen atoms in total. The molecule has 1 N–H and O–H groups in total. The highest BCUT2D eigenvalue weighted by Crippen LogP contribution is 2.19. The van der Waals surface area contributed by atoms with Gasteiger partial charge in [-0.1, -0.05) is 18.2 Å². The Balaban J connectivity index is 1.46. The number of nitrogens with zero attached hydrogens (tertiary/aromatic N) is 1. The zero-order valence-corrected chi connectivity index (χ0v) is 13.2. The standard InChI is InChI=1S/C18H24N2O2/c1-14-13-15-5-2-3-6-17(15)20-18(14)19-9-4-10-22-16-7-11-21-12-8-16/h2-3,5-6,13,16H,4,7-12H2,1H3,(H,19,20). The fraction of sp³-hybridized carbons (Fsp3) is 0.500. The van der Waals surface area contributed by atoms with Gasteiger partial charge in [-0.15, -0.1) is 0 Å². The number of hydrogen-bond acceptors (Lipinski definition) is 4. The van der Waals surface area contributed by atoms with Gasteiger partial charge in [0.15, 0.2) is 0 Å². The molecule has 2 heterocycles. The van der Waals surface area contributed by atoms with Gasteiger partial charge in [-0.05, 0) is 43.9 Å². The molecule has 1 aromatic carbocycles. The highest BCUT2D eigenvalue weighted by molar-refractivity contribution is 5.81. The predicted molar refractivity (Wildman–Crippen MR) is 89.4 cm³/mol. The molecule has 118 valence electrons. The lowest BCUT2D eigenvalue weighted by Gasteiger charge is -2.22. The van der Waals surface area contributed by atoms with Gasteiger partial charge in [0.2, 0.25) is 0 Å². The van der Waals surface area contributed by atoms with Crippen LogP contribution in [0.3, 0.4) is 0 Å². The van der Waals surface area contributed by atoms with E-state index in [1.54, 1.807) is 0 Å². The van der Waals surface area contributed by atoms with E-state index in [2.05, 4.69) is 24.4 Å². The van der Waals surface area contributed by atoms with E-state index in [1.807, 2.05) is 18.2 Å². The van der Waals surface area contributed by atoms with Gasteiger partial charge in [-0.25, -0.2) is 4.98 Å². The monoisotopic (exact) mass is 300 g/mol. The number of aromatic nitrogens is 1. The van der Waals surface area contributed by atoms with Crippen molar-refractivity contribution in [2.75, 3.05) is 31.7 Å². The first-order chi connectivity index (χ1) is 10.8. The highest BCUT2D eigenvalue weighted by Gasteiger charge is 2.13. The van der Waals surface area contributed by atoms with Crippen LogP contribution >= 0.6 is 0 Å². The maximum Gasteiger partial charge on any atom is 0.129 e. The Hall–Kier alpha value is -1.65. The number of benzene rings is 1. The van der Waals surface area contributed by atoms with Gasteiger partial charge in [0.05, 0.1) is 11.6 Å². The number of rotatable bonds is 6. The van der Waals surface area contributed by atoms with Gasteiger partial charge < -0.3 is 14.8 Å². The van der Waals surface area contributed by atoms with E-state index >= 15 is 0 Å². The zero-order valence-electron chi connectivity index (χ0n) is 13.2. The number of pyridine rings is 1. The molecule has 0 unspecified atom stereocenters. The summed E-state index contributed by atoms with van der Waals surface area (Å²) in [4.78, 5) is 4.69. The molecule has 0 radical (unpaired) electrons.